The second-order valence-electron chi connectivity index (χ2n) is 1.62. The van der Waals surface area contributed by atoms with E-state index in [0.717, 1.165) is 0 Å². The molecule has 0 fully saturated rings. The zero-order valence-electron chi connectivity index (χ0n) is 5.45. The Morgan fingerprint density at radius 3 is 2.18 bits per heavy atom. The summed E-state index contributed by atoms with van der Waals surface area (Å²) in [6.07, 6.45) is -1.24. The maximum Gasteiger partial charge on any atom is 0.469 e. The molecule has 0 amide bonds. The standard InChI is InChI=1S/C3H9O6P.HI/c4-1-3(5)2-9-10(6,7)8;/h3-5H,1-2H2,(H2,6,7,8);1H. The van der Waals surface area contributed by atoms with E-state index in [0.29, 0.717) is 0 Å². The molecule has 0 saturated carbocycles. The van der Waals surface area contributed by atoms with Crippen molar-refractivity contribution in [2.45, 2.75) is 6.10 Å². The van der Waals surface area contributed by atoms with E-state index in [2.05, 4.69) is 4.52 Å². The number of phosphoric ester groups is 1. The lowest BCUT2D eigenvalue weighted by Gasteiger charge is -2.07. The van der Waals surface area contributed by atoms with Crippen LogP contribution in [0.1, 0.15) is 0 Å². The largest absolute Gasteiger partial charge is 0.469 e. The van der Waals surface area contributed by atoms with Crippen LogP contribution in [0.5, 0.6) is 0 Å². The summed E-state index contributed by atoms with van der Waals surface area (Å²) in [5.74, 6) is 0. The highest BCUT2D eigenvalue weighted by Gasteiger charge is 2.15. The Kier molecular flexibility index (Phi) is 8.18. The smallest absolute Gasteiger partial charge is 0.394 e. The first-order chi connectivity index (χ1) is 4.45. The molecule has 6 nitrogen and oxygen atoms in total. The summed E-state index contributed by atoms with van der Waals surface area (Å²) in [4.78, 5) is 16.1. The van der Waals surface area contributed by atoms with E-state index in [1.165, 1.54) is 0 Å². The van der Waals surface area contributed by atoms with Gasteiger partial charge in [-0.3, -0.25) is 4.52 Å². The van der Waals surface area contributed by atoms with Gasteiger partial charge in [-0.2, -0.15) is 0 Å². The summed E-state index contributed by atoms with van der Waals surface area (Å²) in [6, 6.07) is 0. The second-order valence-corrected chi connectivity index (χ2v) is 2.86. The lowest BCUT2D eigenvalue weighted by atomic mass is 10.4. The van der Waals surface area contributed by atoms with Gasteiger partial charge in [-0.1, -0.05) is 0 Å². The van der Waals surface area contributed by atoms with E-state index in [-0.39, 0.29) is 24.0 Å². The minimum atomic E-state index is -4.50. The third kappa shape index (κ3) is 10.8. The van der Waals surface area contributed by atoms with Gasteiger partial charge in [0.05, 0.1) is 13.2 Å². The van der Waals surface area contributed by atoms with E-state index in [1.54, 1.807) is 0 Å². The minimum Gasteiger partial charge on any atom is -0.394 e. The van der Waals surface area contributed by atoms with Crippen LogP contribution in [0, 0.1) is 0 Å². The number of aliphatic hydroxyl groups excluding tert-OH is 2. The van der Waals surface area contributed by atoms with Gasteiger partial charge in [-0.15, -0.1) is 24.0 Å². The molecule has 0 heterocycles. The van der Waals surface area contributed by atoms with Gasteiger partial charge in [0.2, 0.25) is 0 Å². The average Bonchev–Trinajstić information content (AvgIpc) is 1.81. The van der Waals surface area contributed by atoms with Crippen LogP contribution >= 0.6 is 31.8 Å². The summed E-state index contributed by atoms with van der Waals surface area (Å²) in [7, 11) is -4.50. The fourth-order valence-corrected chi connectivity index (χ4v) is 0.602. The number of hydrogen-bond donors (Lipinski definition) is 4. The summed E-state index contributed by atoms with van der Waals surface area (Å²) in [5, 5.41) is 16.7. The van der Waals surface area contributed by atoms with Crippen LogP contribution in [-0.4, -0.2) is 39.3 Å². The monoisotopic (exact) mass is 300 g/mol. The van der Waals surface area contributed by atoms with Gasteiger partial charge in [0.15, 0.2) is 0 Å². The molecular formula is C3H10IO6P. The first kappa shape index (κ1) is 14.3. The Balaban J connectivity index is 0. The third-order valence-electron chi connectivity index (χ3n) is 0.646. The van der Waals surface area contributed by atoms with Gasteiger partial charge in [0.25, 0.3) is 0 Å². The van der Waals surface area contributed by atoms with Crippen molar-refractivity contribution in [2.75, 3.05) is 13.2 Å². The quantitative estimate of drug-likeness (QED) is 0.394. The molecule has 0 aromatic rings. The van der Waals surface area contributed by atoms with Crippen molar-refractivity contribution >= 4 is 31.8 Å². The van der Waals surface area contributed by atoms with Crippen LogP contribution in [0.15, 0.2) is 0 Å². The minimum absolute atomic E-state index is 0. The van der Waals surface area contributed by atoms with E-state index in [4.69, 9.17) is 20.0 Å². The molecule has 0 aliphatic rings. The Morgan fingerprint density at radius 1 is 1.45 bits per heavy atom. The van der Waals surface area contributed by atoms with Gasteiger partial charge < -0.3 is 20.0 Å². The van der Waals surface area contributed by atoms with Crippen molar-refractivity contribution in [2.24, 2.45) is 0 Å². The highest BCUT2D eigenvalue weighted by atomic mass is 127. The van der Waals surface area contributed by atoms with Crippen molar-refractivity contribution in [3.63, 3.8) is 0 Å². The number of aliphatic hydroxyl groups is 2. The summed E-state index contributed by atoms with van der Waals surface area (Å²) < 4.78 is 13.8. The number of halogens is 1. The third-order valence-corrected chi connectivity index (χ3v) is 1.13. The molecule has 1 unspecified atom stereocenters. The molecule has 0 aromatic heterocycles. The van der Waals surface area contributed by atoms with Crippen molar-refractivity contribution in [1.82, 2.24) is 0 Å². The fourth-order valence-electron chi connectivity index (χ4n) is 0.236. The van der Waals surface area contributed by atoms with Crippen LogP contribution in [0.2, 0.25) is 0 Å². The van der Waals surface area contributed by atoms with Gasteiger partial charge in [0, 0.05) is 0 Å². The normalized spacial score (nSPS) is 13.8. The predicted molar refractivity (Wildman–Crippen MR) is 46.5 cm³/mol. The molecule has 0 bridgehead atoms. The van der Waals surface area contributed by atoms with E-state index in [9.17, 15) is 4.57 Å². The zero-order valence-corrected chi connectivity index (χ0v) is 8.68. The first-order valence-corrected chi connectivity index (χ1v) is 3.98. The van der Waals surface area contributed by atoms with E-state index < -0.39 is 27.1 Å². The van der Waals surface area contributed by atoms with Crippen molar-refractivity contribution in [3.8, 4) is 0 Å². The van der Waals surface area contributed by atoms with E-state index in [1.807, 2.05) is 0 Å². The highest BCUT2D eigenvalue weighted by molar-refractivity contribution is 14.0. The van der Waals surface area contributed by atoms with Crippen molar-refractivity contribution < 1.29 is 29.1 Å². The maximum atomic E-state index is 9.93. The molecule has 11 heavy (non-hydrogen) atoms. The maximum absolute atomic E-state index is 9.93. The average molecular weight is 300 g/mol. The van der Waals surface area contributed by atoms with Crippen LogP contribution in [0.3, 0.4) is 0 Å². The molecule has 0 aliphatic heterocycles. The van der Waals surface area contributed by atoms with Gasteiger partial charge in [0.1, 0.15) is 6.10 Å². The molecule has 0 rings (SSSR count). The van der Waals surface area contributed by atoms with Crippen LogP contribution in [0.25, 0.3) is 0 Å². The lowest BCUT2D eigenvalue weighted by molar-refractivity contribution is 0.0419. The zero-order chi connectivity index (χ0) is 8.20. The molecular weight excluding hydrogens is 290 g/mol. The molecule has 0 spiro atoms. The van der Waals surface area contributed by atoms with Crippen LogP contribution < -0.4 is 0 Å². The molecule has 8 heteroatoms. The summed E-state index contributed by atoms with van der Waals surface area (Å²) >= 11 is 0. The van der Waals surface area contributed by atoms with Crippen molar-refractivity contribution in [3.05, 3.63) is 0 Å². The van der Waals surface area contributed by atoms with Crippen LogP contribution in [0.4, 0.5) is 0 Å². The molecule has 0 radical (unpaired) electrons. The Labute approximate surface area is 80.5 Å². The molecule has 70 valence electrons. The molecule has 0 aromatic carbocycles. The predicted octanol–water partition coefficient (Wildman–Crippen LogP) is -0.933. The number of hydrogen-bond acceptors (Lipinski definition) is 4. The molecule has 0 aliphatic carbocycles. The lowest BCUT2D eigenvalue weighted by Crippen LogP contribution is -2.18. The topological polar surface area (TPSA) is 107 Å². The first-order valence-electron chi connectivity index (χ1n) is 2.44. The SMILES string of the molecule is I.O=P(O)(O)OCC(O)CO. The van der Waals surface area contributed by atoms with Gasteiger partial charge in [-0.25, -0.2) is 4.57 Å². The number of rotatable bonds is 4. The molecule has 0 saturated heterocycles. The Morgan fingerprint density at radius 2 is 1.91 bits per heavy atom. The summed E-state index contributed by atoms with van der Waals surface area (Å²) in [6.45, 7) is -1.15. The van der Waals surface area contributed by atoms with E-state index >= 15 is 0 Å². The molecule has 1 atom stereocenters. The highest BCUT2D eigenvalue weighted by Crippen LogP contribution is 2.35. The van der Waals surface area contributed by atoms with Crippen LogP contribution in [-0.2, 0) is 9.09 Å². The second kappa shape index (κ2) is 6.30. The van der Waals surface area contributed by atoms with Gasteiger partial charge >= 0.3 is 7.82 Å². The van der Waals surface area contributed by atoms with Crippen molar-refractivity contribution in [1.29, 1.82) is 0 Å². The molecule has 4 N–H and O–H groups in total. The summed E-state index contributed by atoms with van der Waals surface area (Å²) in [5.41, 5.74) is 0. The van der Waals surface area contributed by atoms with Gasteiger partial charge in [-0.05, 0) is 0 Å². The Bertz CT molecular complexity index is 134. The Hall–Kier alpha value is 0.760. The fraction of sp³-hybridized carbons (Fsp3) is 1.00. The number of phosphoric acid groups is 1.